The highest BCUT2D eigenvalue weighted by Crippen LogP contribution is 2.04. The summed E-state index contributed by atoms with van der Waals surface area (Å²) >= 11 is 0. The largest absolute Gasteiger partial charge is 0.470 e. The average molecular weight is 167 g/mol. The second-order valence-corrected chi connectivity index (χ2v) is 2.05. The summed E-state index contributed by atoms with van der Waals surface area (Å²) in [6.45, 7) is 0. The Bertz CT molecular complexity index is 278. The quantitative estimate of drug-likeness (QED) is 0.302. The van der Waals surface area contributed by atoms with E-state index in [2.05, 4.69) is 10.6 Å². The van der Waals surface area contributed by atoms with Crippen LogP contribution in [0.3, 0.4) is 0 Å². The normalized spacial score (nSPS) is 9.00. The van der Waals surface area contributed by atoms with Crippen LogP contribution in [0.5, 0.6) is 0 Å². The van der Waals surface area contributed by atoms with Crippen LogP contribution in [0.4, 0.5) is 5.69 Å². The molecule has 1 aromatic heterocycles. The second-order valence-electron chi connectivity index (χ2n) is 2.05. The summed E-state index contributed by atoms with van der Waals surface area (Å²) in [7, 11) is 0. The molecule has 0 radical (unpaired) electrons. The lowest BCUT2D eigenvalue weighted by Gasteiger charge is -2.05. The third-order valence-electron chi connectivity index (χ3n) is 1.05. The van der Waals surface area contributed by atoms with Gasteiger partial charge in [-0.25, -0.2) is 0 Å². The highest BCUT2D eigenvalue weighted by atomic mass is 16.3. The van der Waals surface area contributed by atoms with Crippen molar-refractivity contribution in [2.24, 2.45) is 5.73 Å². The third-order valence-corrected chi connectivity index (χ3v) is 1.05. The molecular weight excluding hydrogens is 158 g/mol. The Morgan fingerprint density at radius 1 is 1.50 bits per heavy atom. The molecule has 12 heavy (non-hydrogen) atoms. The van der Waals surface area contributed by atoms with Crippen molar-refractivity contribution in [1.82, 2.24) is 5.32 Å². The Morgan fingerprint density at radius 2 is 2.25 bits per heavy atom. The first-order chi connectivity index (χ1) is 5.68. The Hall–Kier alpha value is -1.98. The van der Waals surface area contributed by atoms with Gasteiger partial charge in [0.2, 0.25) is 0 Å². The van der Waals surface area contributed by atoms with Gasteiger partial charge in [0.15, 0.2) is 11.9 Å². The van der Waals surface area contributed by atoms with Gasteiger partial charge in [0.25, 0.3) is 0 Å². The Balaban J connectivity index is 2.42. The standard InChI is InChI=1S/C6H9N5O/c7-5(8)11-6(9)10-4-1-2-12-3-4/h1-3H,(H6,7,8,9,10,11). The summed E-state index contributed by atoms with van der Waals surface area (Å²) in [6, 6.07) is 1.65. The van der Waals surface area contributed by atoms with Gasteiger partial charge in [-0.15, -0.1) is 0 Å². The zero-order chi connectivity index (χ0) is 8.97. The molecule has 0 amide bonds. The molecule has 0 aliphatic rings. The van der Waals surface area contributed by atoms with Crippen molar-refractivity contribution in [3.8, 4) is 0 Å². The zero-order valence-electron chi connectivity index (χ0n) is 6.22. The van der Waals surface area contributed by atoms with Gasteiger partial charge < -0.3 is 15.5 Å². The van der Waals surface area contributed by atoms with Crippen LogP contribution in [-0.2, 0) is 0 Å². The zero-order valence-corrected chi connectivity index (χ0v) is 6.22. The van der Waals surface area contributed by atoms with Crippen molar-refractivity contribution in [2.75, 3.05) is 5.32 Å². The van der Waals surface area contributed by atoms with Gasteiger partial charge in [0.05, 0.1) is 12.0 Å². The van der Waals surface area contributed by atoms with Crippen LogP contribution in [0, 0.1) is 10.8 Å². The van der Waals surface area contributed by atoms with Crippen molar-refractivity contribution < 1.29 is 4.42 Å². The summed E-state index contributed by atoms with van der Waals surface area (Å²) in [5, 5.41) is 18.9. The molecule has 0 saturated heterocycles. The van der Waals surface area contributed by atoms with Gasteiger partial charge in [0, 0.05) is 0 Å². The fourth-order valence-corrected chi connectivity index (χ4v) is 0.646. The molecule has 1 heterocycles. The molecule has 1 rings (SSSR count). The molecule has 0 aromatic carbocycles. The molecule has 0 bridgehead atoms. The lowest BCUT2D eigenvalue weighted by atomic mass is 10.5. The molecular formula is C6H9N5O. The van der Waals surface area contributed by atoms with Crippen LogP contribution >= 0.6 is 0 Å². The summed E-state index contributed by atoms with van der Waals surface area (Å²) in [6.07, 6.45) is 2.92. The lowest BCUT2D eigenvalue weighted by molar-refractivity contribution is 0.568. The molecule has 0 atom stereocenters. The van der Waals surface area contributed by atoms with Gasteiger partial charge in [0.1, 0.15) is 6.26 Å². The highest BCUT2D eigenvalue weighted by molar-refractivity contribution is 6.01. The summed E-state index contributed by atoms with van der Waals surface area (Å²) in [5.74, 6) is -0.347. The molecule has 64 valence electrons. The first-order valence-electron chi connectivity index (χ1n) is 3.17. The van der Waals surface area contributed by atoms with E-state index in [4.69, 9.17) is 21.0 Å². The first kappa shape index (κ1) is 8.12. The maximum Gasteiger partial charge on any atom is 0.199 e. The molecule has 6 heteroatoms. The molecule has 0 spiro atoms. The summed E-state index contributed by atoms with van der Waals surface area (Å²) < 4.78 is 4.75. The van der Waals surface area contributed by atoms with E-state index < -0.39 is 0 Å². The molecule has 6 N–H and O–H groups in total. The fraction of sp³-hybridized carbons (Fsp3) is 0. The van der Waals surface area contributed by atoms with Crippen molar-refractivity contribution in [3.05, 3.63) is 18.6 Å². The summed E-state index contributed by atoms with van der Waals surface area (Å²) in [5.41, 5.74) is 5.62. The van der Waals surface area contributed by atoms with Gasteiger partial charge in [-0.05, 0) is 6.07 Å². The van der Waals surface area contributed by atoms with E-state index in [-0.39, 0.29) is 11.9 Å². The number of anilines is 1. The smallest absolute Gasteiger partial charge is 0.199 e. The van der Waals surface area contributed by atoms with Crippen LogP contribution in [0.1, 0.15) is 0 Å². The van der Waals surface area contributed by atoms with Crippen molar-refractivity contribution in [3.63, 3.8) is 0 Å². The maximum absolute atomic E-state index is 7.21. The Morgan fingerprint density at radius 3 is 2.75 bits per heavy atom. The van der Waals surface area contributed by atoms with Crippen molar-refractivity contribution in [1.29, 1.82) is 10.8 Å². The fourth-order valence-electron chi connectivity index (χ4n) is 0.646. The van der Waals surface area contributed by atoms with Crippen LogP contribution in [0.15, 0.2) is 23.0 Å². The number of nitrogens with two attached hydrogens (primary N) is 1. The van der Waals surface area contributed by atoms with Crippen molar-refractivity contribution in [2.45, 2.75) is 0 Å². The van der Waals surface area contributed by atoms with Crippen LogP contribution in [0.25, 0.3) is 0 Å². The average Bonchev–Trinajstić information content (AvgIpc) is 2.37. The van der Waals surface area contributed by atoms with E-state index >= 15 is 0 Å². The minimum absolute atomic E-state index is 0.0658. The molecule has 6 nitrogen and oxygen atoms in total. The summed E-state index contributed by atoms with van der Waals surface area (Å²) in [4.78, 5) is 0. The van der Waals surface area contributed by atoms with Gasteiger partial charge >= 0.3 is 0 Å². The lowest BCUT2D eigenvalue weighted by Crippen LogP contribution is -2.39. The number of hydrogen-bond acceptors (Lipinski definition) is 3. The molecule has 0 unspecified atom stereocenters. The SMILES string of the molecule is N=C(N)NC(=N)Nc1ccoc1. The van der Waals surface area contributed by atoms with Crippen LogP contribution in [-0.4, -0.2) is 11.9 Å². The molecule has 0 fully saturated rings. The first-order valence-corrected chi connectivity index (χ1v) is 3.17. The molecule has 1 aromatic rings. The number of guanidine groups is 2. The van der Waals surface area contributed by atoms with E-state index in [1.807, 2.05) is 0 Å². The second kappa shape index (κ2) is 3.42. The van der Waals surface area contributed by atoms with E-state index in [0.29, 0.717) is 5.69 Å². The predicted octanol–water partition coefficient (Wildman–Crippen LogP) is 0.109. The monoisotopic (exact) mass is 167 g/mol. The number of furan rings is 1. The maximum atomic E-state index is 7.21. The number of nitrogens with one attached hydrogen (secondary N) is 4. The predicted molar refractivity (Wildman–Crippen MR) is 45.1 cm³/mol. The van der Waals surface area contributed by atoms with Crippen LogP contribution < -0.4 is 16.4 Å². The minimum Gasteiger partial charge on any atom is -0.470 e. The van der Waals surface area contributed by atoms with E-state index in [1.165, 1.54) is 12.5 Å². The molecule has 0 aliphatic heterocycles. The Labute approximate surface area is 68.8 Å². The minimum atomic E-state index is -0.281. The van der Waals surface area contributed by atoms with Gasteiger partial charge in [-0.3, -0.25) is 16.1 Å². The van der Waals surface area contributed by atoms with Crippen LogP contribution in [0.2, 0.25) is 0 Å². The highest BCUT2D eigenvalue weighted by Gasteiger charge is 1.97. The molecule has 0 saturated carbocycles. The number of hydrogen-bond donors (Lipinski definition) is 5. The molecule has 0 aliphatic carbocycles. The third kappa shape index (κ3) is 2.33. The topological polar surface area (TPSA) is 111 Å². The van der Waals surface area contributed by atoms with Crippen molar-refractivity contribution >= 4 is 17.6 Å². The van der Waals surface area contributed by atoms with E-state index in [9.17, 15) is 0 Å². The van der Waals surface area contributed by atoms with Gasteiger partial charge in [-0.2, -0.15) is 0 Å². The van der Waals surface area contributed by atoms with E-state index in [1.54, 1.807) is 6.07 Å². The Kier molecular flexibility index (Phi) is 2.32. The van der Waals surface area contributed by atoms with E-state index in [0.717, 1.165) is 0 Å². The van der Waals surface area contributed by atoms with Gasteiger partial charge in [-0.1, -0.05) is 0 Å². The number of rotatable bonds is 1.